The minimum absolute atomic E-state index is 0.164. The molecule has 1 fully saturated rings. The second kappa shape index (κ2) is 6.49. The first kappa shape index (κ1) is 16.6. The van der Waals surface area contributed by atoms with Gasteiger partial charge in [-0.15, -0.1) is 11.3 Å². The molecular weight excluding hydrogens is 364 g/mol. The average Bonchev–Trinajstić information content (AvgIpc) is 3.27. The van der Waals surface area contributed by atoms with Crippen molar-refractivity contribution in [3.05, 3.63) is 35.2 Å². The summed E-state index contributed by atoms with van der Waals surface area (Å²) in [5.41, 5.74) is 0.749. The van der Waals surface area contributed by atoms with Gasteiger partial charge in [0.2, 0.25) is 6.79 Å². The zero-order chi connectivity index (χ0) is 17.4. The molecule has 9 heteroatoms. The van der Waals surface area contributed by atoms with E-state index in [-0.39, 0.29) is 12.5 Å². The van der Waals surface area contributed by atoms with Crippen LogP contribution in [0.5, 0.6) is 17.2 Å². The number of thiophene rings is 1. The summed E-state index contributed by atoms with van der Waals surface area (Å²) in [5, 5.41) is 11.9. The molecule has 1 N–H and O–H groups in total. The number of ether oxygens (including phenoxy) is 2. The molecule has 1 aromatic carbocycles. The first-order chi connectivity index (χ1) is 12.0. The van der Waals surface area contributed by atoms with Gasteiger partial charge in [-0.05, 0) is 17.5 Å². The van der Waals surface area contributed by atoms with Gasteiger partial charge in [0.25, 0.3) is 10.0 Å². The molecule has 1 aromatic heterocycles. The molecular formula is C16H18N2O5S2. The van der Waals surface area contributed by atoms with Crippen LogP contribution in [0.25, 0.3) is 0 Å². The first-order valence-electron chi connectivity index (χ1n) is 7.91. The molecule has 4 rings (SSSR count). The van der Waals surface area contributed by atoms with Crippen molar-refractivity contribution in [1.82, 2.24) is 9.21 Å². The summed E-state index contributed by atoms with van der Waals surface area (Å²) in [6.07, 6.45) is 0. The topological polar surface area (TPSA) is 79.3 Å². The molecule has 0 atom stereocenters. The van der Waals surface area contributed by atoms with Gasteiger partial charge in [0, 0.05) is 44.4 Å². The molecule has 134 valence electrons. The smallest absolute Gasteiger partial charge is 0.252 e. The maximum atomic E-state index is 12.5. The van der Waals surface area contributed by atoms with E-state index in [1.165, 1.54) is 15.6 Å². The van der Waals surface area contributed by atoms with Crippen LogP contribution in [-0.2, 0) is 16.6 Å². The van der Waals surface area contributed by atoms with Crippen LogP contribution in [0, 0.1) is 0 Å². The van der Waals surface area contributed by atoms with Gasteiger partial charge < -0.3 is 14.6 Å². The second-order valence-corrected chi connectivity index (χ2v) is 9.06. The van der Waals surface area contributed by atoms with Crippen LogP contribution in [-0.4, -0.2) is 55.7 Å². The minimum atomic E-state index is -3.39. The lowest BCUT2D eigenvalue weighted by Gasteiger charge is -2.33. The number of aromatic hydroxyl groups is 1. The Morgan fingerprint density at radius 1 is 1.12 bits per heavy atom. The number of piperazine rings is 1. The van der Waals surface area contributed by atoms with Crippen molar-refractivity contribution < 1.29 is 23.0 Å². The van der Waals surface area contributed by atoms with E-state index in [1.54, 1.807) is 29.6 Å². The highest BCUT2D eigenvalue weighted by Crippen LogP contribution is 2.38. The zero-order valence-electron chi connectivity index (χ0n) is 13.4. The van der Waals surface area contributed by atoms with Crippen LogP contribution < -0.4 is 9.47 Å². The van der Waals surface area contributed by atoms with Crippen molar-refractivity contribution in [1.29, 1.82) is 0 Å². The number of rotatable bonds is 4. The lowest BCUT2D eigenvalue weighted by atomic mass is 10.1. The molecule has 0 amide bonds. The Labute approximate surface area is 150 Å². The molecule has 0 radical (unpaired) electrons. The first-order valence-corrected chi connectivity index (χ1v) is 10.2. The summed E-state index contributed by atoms with van der Waals surface area (Å²) < 4.78 is 37.6. The highest BCUT2D eigenvalue weighted by Gasteiger charge is 2.29. The fourth-order valence-corrected chi connectivity index (χ4v) is 5.57. The molecule has 2 aromatic rings. The number of benzene rings is 1. The molecule has 1 saturated heterocycles. The SMILES string of the molecule is O=S(=O)(c1cccs1)N1CCN(Cc2cc3c(cc2O)OCO3)CC1. The molecule has 25 heavy (non-hydrogen) atoms. The van der Waals surface area contributed by atoms with Crippen molar-refractivity contribution in [2.24, 2.45) is 0 Å². The summed E-state index contributed by atoms with van der Waals surface area (Å²) in [5.74, 6) is 1.35. The Morgan fingerprint density at radius 3 is 2.52 bits per heavy atom. The van der Waals surface area contributed by atoms with E-state index in [0.717, 1.165) is 5.56 Å². The Morgan fingerprint density at radius 2 is 1.84 bits per heavy atom. The lowest BCUT2D eigenvalue weighted by Crippen LogP contribution is -2.48. The minimum Gasteiger partial charge on any atom is -0.507 e. The van der Waals surface area contributed by atoms with E-state index >= 15 is 0 Å². The number of phenols is 1. The van der Waals surface area contributed by atoms with E-state index in [2.05, 4.69) is 4.90 Å². The molecule has 7 nitrogen and oxygen atoms in total. The van der Waals surface area contributed by atoms with Gasteiger partial charge in [-0.2, -0.15) is 4.31 Å². The van der Waals surface area contributed by atoms with Crippen LogP contribution in [0.1, 0.15) is 5.56 Å². The van der Waals surface area contributed by atoms with Crippen LogP contribution >= 0.6 is 11.3 Å². The van der Waals surface area contributed by atoms with Crippen molar-refractivity contribution >= 4 is 21.4 Å². The Bertz CT molecular complexity index is 859. The van der Waals surface area contributed by atoms with Gasteiger partial charge >= 0.3 is 0 Å². The van der Waals surface area contributed by atoms with Crippen molar-refractivity contribution in [2.75, 3.05) is 33.0 Å². The van der Waals surface area contributed by atoms with Gasteiger partial charge in [-0.3, -0.25) is 4.90 Å². The van der Waals surface area contributed by atoms with Gasteiger partial charge in [0.05, 0.1) is 0 Å². The summed E-state index contributed by atoms with van der Waals surface area (Å²) in [6.45, 7) is 2.79. The molecule has 0 bridgehead atoms. The summed E-state index contributed by atoms with van der Waals surface area (Å²) in [6, 6.07) is 6.73. The molecule has 2 aliphatic heterocycles. The van der Waals surface area contributed by atoms with Gasteiger partial charge in [0.1, 0.15) is 9.96 Å². The van der Waals surface area contributed by atoms with Crippen LogP contribution in [0.15, 0.2) is 33.9 Å². The predicted molar refractivity (Wildman–Crippen MR) is 92.6 cm³/mol. The third-order valence-corrected chi connectivity index (χ3v) is 7.66. The Hall–Kier alpha value is -1.81. The molecule has 0 aliphatic carbocycles. The zero-order valence-corrected chi connectivity index (χ0v) is 15.1. The normalized spacial score (nSPS) is 18.6. The van der Waals surface area contributed by atoms with Gasteiger partial charge in [-0.25, -0.2) is 8.42 Å². The Kier molecular flexibility index (Phi) is 4.32. The number of fused-ring (bicyclic) bond motifs is 1. The predicted octanol–water partition coefficient (Wildman–Crippen LogP) is 1.69. The quantitative estimate of drug-likeness (QED) is 0.867. The third kappa shape index (κ3) is 3.20. The highest BCUT2D eigenvalue weighted by molar-refractivity contribution is 7.91. The molecule has 0 saturated carbocycles. The van der Waals surface area contributed by atoms with E-state index < -0.39 is 10.0 Å². The monoisotopic (exact) mass is 382 g/mol. The molecule has 3 heterocycles. The number of hydrogen-bond acceptors (Lipinski definition) is 7. The van der Waals surface area contributed by atoms with Crippen molar-refractivity contribution in [2.45, 2.75) is 10.8 Å². The maximum Gasteiger partial charge on any atom is 0.252 e. The van der Waals surface area contributed by atoms with Crippen LogP contribution in [0.2, 0.25) is 0 Å². The molecule has 0 spiro atoms. The summed E-state index contributed by atoms with van der Waals surface area (Å²) >= 11 is 1.24. The fourth-order valence-electron chi connectivity index (χ4n) is 3.01. The maximum absolute atomic E-state index is 12.5. The van der Waals surface area contributed by atoms with Gasteiger partial charge in [-0.1, -0.05) is 6.07 Å². The van der Waals surface area contributed by atoms with E-state index in [1.807, 2.05) is 0 Å². The number of nitrogens with zero attached hydrogens (tertiary/aromatic N) is 2. The Balaban J connectivity index is 1.41. The van der Waals surface area contributed by atoms with E-state index in [0.29, 0.717) is 48.4 Å². The van der Waals surface area contributed by atoms with Gasteiger partial charge in [0.15, 0.2) is 11.5 Å². The van der Waals surface area contributed by atoms with Crippen molar-refractivity contribution in [3.63, 3.8) is 0 Å². The van der Waals surface area contributed by atoms with E-state index in [4.69, 9.17) is 9.47 Å². The number of hydrogen-bond donors (Lipinski definition) is 1. The van der Waals surface area contributed by atoms with Crippen molar-refractivity contribution in [3.8, 4) is 17.2 Å². The van der Waals surface area contributed by atoms with E-state index in [9.17, 15) is 13.5 Å². The highest BCUT2D eigenvalue weighted by atomic mass is 32.2. The average molecular weight is 382 g/mol. The van der Waals surface area contributed by atoms with Crippen LogP contribution in [0.3, 0.4) is 0 Å². The molecule has 0 unspecified atom stereocenters. The number of phenolic OH excluding ortho intramolecular Hbond substituents is 1. The third-order valence-electron chi connectivity index (χ3n) is 4.39. The summed E-state index contributed by atoms with van der Waals surface area (Å²) in [7, 11) is -3.39. The lowest BCUT2D eigenvalue weighted by molar-refractivity contribution is 0.173. The largest absolute Gasteiger partial charge is 0.507 e. The number of sulfonamides is 1. The summed E-state index contributed by atoms with van der Waals surface area (Å²) in [4.78, 5) is 2.12. The standard InChI is InChI=1S/C16H18N2O5S2/c19-13-9-15-14(22-11-23-15)8-12(13)10-17-3-5-18(6-4-17)25(20,21)16-2-1-7-24-16/h1-2,7-9,19H,3-6,10-11H2. The van der Waals surface area contributed by atoms with Crippen LogP contribution in [0.4, 0.5) is 0 Å². The molecule has 2 aliphatic rings. The second-order valence-electron chi connectivity index (χ2n) is 5.95. The fraction of sp³-hybridized carbons (Fsp3) is 0.375.